The molecule has 2 saturated heterocycles. The van der Waals surface area contributed by atoms with Gasteiger partial charge in [0.2, 0.25) is 0 Å². The molecule has 3 heterocycles. The smallest absolute Gasteiger partial charge is 0.115 e. The number of hydrogen-bond acceptors (Lipinski definition) is 3. The van der Waals surface area contributed by atoms with Gasteiger partial charge in [0.25, 0.3) is 0 Å². The van der Waals surface area contributed by atoms with Crippen molar-refractivity contribution in [2.45, 2.75) is 51.2 Å². The summed E-state index contributed by atoms with van der Waals surface area (Å²) in [6.07, 6.45) is 2.91. The highest BCUT2D eigenvalue weighted by Crippen LogP contribution is 2.33. The molecule has 1 aromatic heterocycles. The van der Waals surface area contributed by atoms with Crippen LogP contribution in [0.1, 0.15) is 45.5 Å². The van der Waals surface area contributed by atoms with Crippen LogP contribution in [0, 0.1) is 0 Å². The van der Waals surface area contributed by atoms with Gasteiger partial charge >= 0.3 is 0 Å². The Balaban J connectivity index is 1.57. The van der Waals surface area contributed by atoms with Crippen molar-refractivity contribution in [1.82, 2.24) is 14.5 Å². The molecule has 124 valence electrons. The zero-order chi connectivity index (χ0) is 16.0. The number of aromatic nitrogens is 2. The lowest BCUT2D eigenvalue weighted by Gasteiger charge is -2.42. The second kappa shape index (κ2) is 5.60. The van der Waals surface area contributed by atoms with E-state index in [1.54, 1.807) is 0 Å². The van der Waals surface area contributed by atoms with Crippen LogP contribution in [0.4, 0.5) is 0 Å². The van der Waals surface area contributed by atoms with E-state index in [1.165, 1.54) is 24.2 Å². The number of ether oxygens (including phenoxy) is 1. The summed E-state index contributed by atoms with van der Waals surface area (Å²) in [5, 5.41) is 0. The predicted octanol–water partition coefficient (Wildman–Crippen LogP) is 3.37. The molecule has 2 aliphatic heterocycles. The highest BCUT2D eigenvalue weighted by atomic mass is 16.5. The van der Waals surface area contributed by atoms with Crippen molar-refractivity contribution in [1.29, 1.82) is 0 Å². The van der Waals surface area contributed by atoms with Gasteiger partial charge in [0.15, 0.2) is 0 Å². The summed E-state index contributed by atoms with van der Waals surface area (Å²) in [6, 6.07) is 9.08. The summed E-state index contributed by atoms with van der Waals surface area (Å²) in [5.74, 6) is 1.21. The maximum atomic E-state index is 5.77. The molecule has 1 atom stereocenters. The second-order valence-corrected chi connectivity index (χ2v) is 8.05. The average molecular weight is 313 g/mol. The van der Waals surface area contributed by atoms with Crippen molar-refractivity contribution < 1.29 is 4.74 Å². The molecule has 0 N–H and O–H groups in total. The number of likely N-dealkylation sites (tertiary alicyclic amines) is 1. The molecule has 0 aliphatic carbocycles. The van der Waals surface area contributed by atoms with Gasteiger partial charge in [-0.15, -0.1) is 0 Å². The van der Waals surface area contributed by atoms with E-state index in [2.05, 4.69) is 54.5 Å². The van der Waals surface area contributed by atoms with Crippen LogP contribution < -0.4 is 0 Å². The fourth-order valence-corrected chi connectivity index (χ4v) is 3.87. The van der Waals surface area contributed by atoms with Crippen LogP contribution in [-0.4, -0.2) is 46.8 Å². The Morgan fingerprint density at radius 3 is 2.70 bits per heavy atom. The van der Waals surface area contributed by atoms with Gasteiger partial charge in [0.05, 0.1) is 23.2 Å². The van der Waals surface area contributed by atoms with Gasteiger partial charge in [-0.05, 0) is 25.0 Å². The molecular weight excluding hydrogens is 286 g/mol. The molecule has 4 heteroatoms. The van der Waals surface area contributed by atoms with Crippen LogP contribution in [-0.2, 0) is 10.2 Å². The van der Waals surface area contributed by atoms with Gasteiger partial charge in [0, 0.05) is 31.7 Å². The third-order valence-corrected chi connectivity index (χ3v) is 5.06. The number of imidazole rings is 1. The number of para-hydroxylation sites is 2. The largest absolute Gasteiger partial charge is 0.377 e. The summed E-state index contributed by atoms with van der Waals surface area (Å²) in [6.45, 7) is 11.0. The minimum atomic E-state index is 0.0635. The number of rotatable bonds is 3. The van der Waals surface area contributed by atoms with E-state index in [-0.39, 0.29) is 5.41 Å². The Hall–Kier alpha value is -1.39. The number of fused-ring (bicyclic) bond motifs is 1. The Morgan fingerprint density at radius 2 is 2.00 bits per heavy atom. The number of nitrogens with zero attached hydrogens (tertiary/aromatic N) is 3. The highest BCUT2D eigenvalue weighted by molar-refractivity contribution is 5.76. The summed E-state index contributed by atoms with van der Waals surface area (Å²) in [5.41, 5.74) is 2.46. The number of benzene rings is 1. The first-order valence-electron chi connectivity index (χ1n) is 8.84. The topological polar surface area (TPSA) is 30.3 Å². The lowest BCUT2D eigenvalue weighted by atomic mass is 9.94. The minimum Gasteiger partial charge on any atom is -0.377 e. The summed E-state index contributed by atoms with van der Waals surface area (Å²) in [7, 11) is 0. The van der Waals surface area contributed by atoms with E-state index in [9.17, 15) is 0 Å². The Morgan fingerprint density at radius 1 is 1.22 bits per heavy atom. The molecule has 0 bridgehead atoms. The molecule has 0 spiro atoms. The third-order valence-electron chi connectivity index (χ3n) is 5.06. The molecule has 0 radical (unpaired) electrons. The lowest BCUT2D eigenvalue weighted by molar-refractivity contribution is 0.0274. The summed E-state index contributed by atoms with van der Waals surface area (Å²) < 4.78 is 8.26. The molecule has 23 heavy (non-hydrogen) atoms. The van der Waals surface area contributed by atoms with Crippen molar-refractivity contribution >= 4 is 11.0 Å². The van der Waals surface area contributed by atoms with Gasteiger partial charge in [-0.1, -0.05) is 32.9 Å². The maximum Gasteiger partial charge on any atom is 0.115 e. The van der Waals surface area contributed by atoms with E-state index >= 15 is 0 Å². The molecule has 2 aliphatic rings. The zero-order valence-corrected chi connectivity index (χ0v) is 14.5. The van der Waals surface area contributed by atoms with Crippen LogP contribution in [0.3, 0.4) is 0 Å². The highest BCUT2D eigenvalue weighted by Gasteiger charge is 2.35. The van der Waals surface area contributed by atoms with Crippen LogP contribution in [0.2, 0.25) is 0 Å². The Kier molecular flexibility index (Phi) is 3.69. The minimum absolute atomic E-state index is 0.0635. The molecule has 4 nitrogen and oxygen atoms in total. The van der Waals surface area contributed by atoms with Crippen molar-refractivity contribution in [3.05, 3.63) is 30.1 Å². The van der Waals surface area contributed by atoms with Gasteiger partial charge in [0.1, 0.15) is 5.82 Å². The fraction of sp³-hybridized carbons (Fsp3) is 0.632. The molecular formula is C19H27N3O. The first-order valence-corrected chi connectivity index (χ1v) is 8.84. The van der Waals surface area contributed by atoms with Gasteiger partial charge < -0.3 is 9.30 Å². The maximum absolute atomic E-state index is 5.77. The van der Waals surface area contributed by atoms with E-state index in [0.717, 1.165) is 31.8 Å². The van der Waals surface area contributed by atoms with Crippen LogP contribution in [0.15, 0.2) is 24.3 Å². The molecule has 2 aromatic rings. The normalized spacial score (nSPS) is 23.5. The van der Waals surface area contributed by atoms with Crippen LogP contribution in [0.25, 0.3) is 11.0 Å². The standard InChI is InChI=1S/C19H27N3O/c1-19(2,3)18-20-16-8-4-5-9-17(16)22(18)14-11-21(12-14)13-15-7-6-10-23-15/h4-5,8-9,14-15H,6-7,10-13H2,1-3H3. The second-order valence-electron chi connectivity index (χ2n) is 8.05. The van der Waals surface area contributed by atoms with E-state index < -0.39 is 0 Å². The zero-order valence-electron chi connectivity index (χ0n) is 14.5. The third kappa shape index (κ3) is 2.79. The van der Waals surface area contributed by atoms with Gasteiger partial charge in [-0.3, -0.25) is 4.90 Å². The van der Waals surface area contributed by atoms with Crippen molar-refractivity contribution in [2.75, 3.05) is 26.2 Å². The Bertz CT molecular complexity index is 688. The van der Waals surface area contributed by atoms with E-state index in [4.69, 9.17) is 9.72 Å². The fourth-order valence-electron chi connectivity index (χ4n) is 3.87. The quantitative estimate of drug-likeness (QED) is 0.870. The van der Waals surface area contributed by atoms with Crippen molar-refractivity contribution in [3.8, 4) is 0 Å². The molecule has 1 aromatic carbocycles. The summed E-state index contributed by atoms with van der Waals surface area (Å²) >= 11 is 0. The molecule has 2 fully saturated rings. The van der Waals surface area contributed by atoms with Crippen molar-refractivity contribution in [2.24, 2.45) is 0 Å². The SMILES string of the molecule is CC(C)(C)c1nc2ccccc2n1C1CN(CC2CCCO2)C1. The van der Waals surface area contributed by atoms with E-state index in [1.807, 2.05) is 0 Å². The van der Waals surface area contributed by atoms with Crippen molar-refractivity contribution in [3.63, 3.8) is 0 Å². The first-order chi connectivity index (χ1) is 11.0. The molecule has 0 saturated carbocycles. The Labute approximate surface area is 138 Å². The summed E-state index contributed by atoms with van der Waals surface area (Å²) in [4.78, 5) is 7.46. The average Bonchev–Trinajstić information content (AvgIpc) is 3.09. The van der Waals surface area contributed by atoms with Crippen LogP contribution in [0.5, 0.6) is 0 Å². The predicted molar refractivity (Wildman–Crippen MR) is 92.9 cm³/mol. The molecule has 4 rings (SSSR count). The van der Waals surface area contributed by atoms with Gasteiger partial charge in [-0.2, -0.15) is 0 Å². The number of hydrogen-bond donors (Lipinski definition) is 0. The molecule has 0 amide bonds. The van der Waals surface area contributed by atoms with Crippen LogP contribution >= 0.6 is 0 Å². The van der Waals surface area contributed by atoms with E-state index in [0.29, 0.717) is 12.1 Å². The molecule has 1 unspecified atom stereocenters. The lowest BCUT2D eigenvalue weighted by Crippen LogP contribution is -2.51. The first kappa shape index (κ1) is 15.2. The monoisotopic (exact) mass is 313 g/mol. The van der Waals surface area contributed by atoms with Gasteiger partial charge in [-0.25, -0.2) is 4.98 Å².